The number of hydrogen-bond donors (Lipinski definition) is 2. The molecule has 7 heteroatoms. The summed E-state index contributed by atoms with van der Waals surface area (Å²) in [4.78, 5) is 16.4. The van der Waals surface area contributed by atoms with Crippen LogP contribution in [0.2, 0.25) is 0 Å². The Morgan fingerprint density at radius 2 is 2.07 bits per heavy atom. The molecule has 7 nitrogen and oxygen atoms in total. The van der Waals surface area contributed by atoms with Gasteiger partial charge in [0.2, 0.25) is 0 Å². The summed E-state index contributed by atoms with van der Waals surface area (Å²) in [6, 6.07) is 10.6. The summed E-state index contributed by atoms with van der Waals surface area (Å²) < 4.78 is 11.0. The van der Waals surface area contributed by atoms with Crippen LogP contribution >= 0.6 is 0 Å². The molecule has 1 aromatic carbocycles. The Morgan fingerprint density at radius 3 is 2.74 bits per heavy atom. The summed E-state index contributed by atoms with van der Waals surface area (Å²) >= 11 is 0. The first kappa shape index (κ1) is 20.0. The number of hydrogen-bond acceptors (Lipinski definition) is 6. The lowest BCUT2D eigenvalue weighted by molar-refractivity contribution is 0.0954. The van der Waals surface area contributed by atoms with E-state index in [-0.39, 0.29) is 5.91 Å². The van der Waals surface area contributed by atoms with Gasteiger partial charge in [0.1, 0.15) is 11.9 Å². The van der Waals surface area contributed by atoms with Crippen LogP contribution in [0.1, 0.15) is 35.7 Å². The van der Waals surface area contributed by atoms with Crippen LogP contribution in [0.25, 0.3) is 0 Å². The monoisotopic (exact) mass is 368 g/mol. The molecule has 0 aliphatic heterocycles. The normalized spacial score (nSPS) is 9.96. The van der Waals surface area contributed by atoms with Crippen molar-refractivity contribution in [2.45, 2.75) is 19.8 Å². The summed E-state index contributed by atoms with van der Waals surface area (Å²) in [5.41, 5.74) is 1.01. The molecule has 1 aromatic heterocycles. The van der Waals surface area contributed by atoms with Gasteiger partial charge in [-0.15, -0.1) is 0 Å². The van der Waals surface area contributed by atoms with Gasteiger partial charge in [-0.3, -0.25) is 4.79 Å². The van der Waals surface area contributed by atoms with Gasteiger partial charge in [-0.05, 0) is 36.8 Å². The number of carbonyl (C=O) groups excluding carboxylic acids is 1. The van der Waals surface area contributed by atoms with Crippen LogP contribution in [-0.2, 0) is 0 Å². The van der Waals surface area contributed by atoms with E-state index < -0.39 is 0 Å². The van der Waals surface area contributed by atoms with E-state index >= 15 is 0 Å². The van der Waals surface area contributed by atoms with E-state index in [1.807, 2.05) is 6.07 Å². The van der Waals surface area contributed by atoms with E-state index in [4.69, 9.17) is 14.7 Å². The summed E-state index contributed by atoms with van der Waals surface area (Å²) in [6.07, 6.45) is 3.51. The highest BCUT2D eigenvalue weighted by Gasteiger charge is 2.11. The largest absolute Gasteiger partial charge is 0.493 e. The second-order valence-electron chi connectivity index (χ2n) is 5.79. The van der Waals surface area contributed by atoms with Crippen LogP contribution < -0.4 is 20.1 Å². The van der Waals surface area contributed by atoms with Gasteiger partial charge < -0.3 is 20.1 Å². The Kier molecular flexibility index (Phi) is 7.92. The van der Waals surface area contributed by atoms with E-state index in [0.717, 1.165) is 12.8 Å². The van der Waals surface area contributed by atoms with Gasteiger partial charge in [0, 0.05) is 24.8 Å². The van der Waals surface area contributed by atoms with Gasteiger partial charge in [0.15, 0.2) is 11.5 Å². The van der Waals surface area contributed by atoms with Crippen molar-refractivity contribution < 1.29 is 14.3 Å². The fourth-order valence-corrected chi connectivity index (χ4v) is 2.29. The number of nitrogens with one attached hydrogen (secondary N) is 2. The molecule has 0 radical (unpaired) electrons. The molecule has 27 heavy (non-hydrogen) atoms. The van der Waals surface area contributed by atoms with Gasteiger partial charge in [0.25, 0.3) is 5.91 Å². The van der Waals surface area contributed by atoms with E-state index in [2.05, 4.69) is 22.5 Å². The molecule has 0 unspecified atom stereocenters. The standard InChI is InChI=1S/C20H24N4O3/c1-3-4-11-27-17-7-6-16(12-18(17)26-2)20(25)23-10-9-22-19-8-5-15(13-21)14-24-19/h5-8,12,14H,3-4,9-11H2,1-2H3,(H,22,24)(H,23,25). The third kappa shape index (κ3) is 6.19. The number of carbonyl (C=O) groups is 1. The number of aromatic nitrogens is 1. The van der Waals surface area contributed by atoms with Gasteiger partial charge >= 0.3 is 0 Å². The summed E-state index contributed by atoms with van der Waals surface area (Å²) in [5, 5.41) is 14.7. The highest BCUT2D eigenvalue weighted by molar-refractivity contribution is 5.94. The van der Waals surface area contributed by atoms with Crippen molar-refractivity contribution in [2.75, 3.05) is 32.1 Å². The molecular formula is C20H24N4O3. The van der Waals surface area contributed by atoms with E-state index in [1.54, 1.807) is 37.4 Å². The number of pyridine rings is 1. The van der Waals surface area contributed by atoms with Crippen LogP contribution in [0.15, 0.2) is 36.5 Å². The fourth-order valence-electron chi connectivity index (χ4n) is 2.29. The lowest BCUT2D eigenvalue weighted by atomic mass is 10.2. The second kappa shape index (κ2) is 10.7. The molecule has 0 aliphatic carbocycles. The first-order valence-electron chi connectivity index (χ1n) is 8.87. The molecule has 0 fully saturated rings. The maximum Gasteiger partial charge on any atom is 0.251 e. The zero-order valence-electron chi connectivity index (χ0n) is 15.6. The van der Waals surface area contributed by atoms with Crippen molar-refractivity contribution in [1.82, 2.24) is 10.3 Å². The zero-order chi connectivity index (χ0) is 19.5. The summed E-state index contributed by atoms with van der Waals surface area (Å²) in [6.45, 7) is 3.66. The Labute approximate surface area is 159 Å². The van der Waals surface area contributed by atoms with Crippen molar-refractivity contribution in [3.05, 3.63) is 47.7 Å². The minimum atomic E-state index is -0.192. The van der Waals surface area contributed by atoms with Crippen LogP contribution in [0.4, 0.5) is 5.82 Å². The Morgan fingerprint density at radius 1 is 1.22 bits per heavy atom. The predicted molar refractivity (Wildman–Crippen MR) is 103 cm³/mol. The third-order valence-electron chi connectivity index (χ3n) is 3.79. The molecule has 2 aromatic rings. The van der Waals surface area contributed by atoms with Crippen LogP contribution in [-0.4, -0.2) is 37.7 Å². The van der Waals surface area contributed by atoms with Crippen molar-refractivity contribution in [3.8, 4) is 17.6 Å². The van der Waals surface area contributed by atoms with Crippen LogP contribution in [0.3, 0.4) is 0 Å². The Bertz CT molecular complexity index is 785. The molecule has 1 amide bonds. The number of rotatable bonds is 10. The predicted octanol–water partition coefficient (Wildman–Crippen LogP) is 2.98. The highest BCUT2D eigenvalue weighted by Crippen LogP contribution is 2.28. The number of unbranched alkanes of at least 4 members (excludes halogenated alkanes) is 1. The minimum absolute atomic E-state index is 0.192. The second-order valence-corrected chi connectivity index (χ2v) is 5.79. The van der Waals surface area contributed by atoms with Gasteiger partial charge in [-0.25, -0.2) is 4.98 Å². The zero-order valence-corrected chi connectivity index (χ0v) is 15.6. The lowest BCUT2D eigenvalue weighted by Gasteiger charge is -2.12. The molecule has 0 aliphatic rings. The number of nitrogens with zero attached hydrogens (tertiary/aromatic N) is 2. The molecule has 2 N–H and O–H groups in total. The first-order chi connectivity index (χ1) is 13.2. The number of anilines is 1. The molecule has 0 bridgehead atoms. The maximum absolute atomic E-state index is 12.3. The smallest absolute Gasteiger partial charge is 0.251 e. The van der Waals surface area contributed by atoms with Crippen molar-refractivity contribution >= 4 is 11.7 Å². The van der Waals surface area contributed by atoms with Gasteiger partial charge in [-0.1, -0.05) is 13.3 Å². The average molecular weight is 368 g/mol. The summed E-state index contributed by atoms with van der Waals surface area (Å²) in [7, 11) is 1.55. The molecule has 0 saturated heterocycles. The number of ether oxygens (including phenoxy) is 2. The molecule has 2 rings (SSSR count). The molecule has 0 spiro atoms. The van der Waals surface area contributed by atoms with E-state index in [1.165, 1.54) is 6.20 Å². The Balaban J connectivity index is 1.83. The number of benzene rings is 1. The SMILES string of the molecule is CCCCOc1ccc(C(=O)NCCNc2ccc(C#N)cn2)cc1OC. The third-order valence-corrected chi connectivity index (χ3v) is 3.79. The molecule has 0 saturated carbocycles. The maximum atomic E-state index is 12.3. The van der Waals surface area contributed by atoms with E-state index in [9.17, 15) is 4.79 Å². The number of methoxy groups -OCH3 is 1. The van der Waals surface area contributed by atoms with Crippen molar-refractivity contribution in [2.24, 2.45) is 0 Å². The summed E-state index contributed by atoms with van der Waals surface area (Å²) in [5.74, 6) is 1.64. The van der Waals surface area contributed by atoms with Gasteiger partial charge in [0.05, 0.1) is 19.3 Å². The molecule has 0 atom stereocenters. The van der Waals surface area contributed by atoms with Crippen LogP contribution in [0.5, 0.6) is 11.5 Å². The lowest BCUT2D eigenvalue weighted by Crippen LogP contribution is -2.28. The average Bonchev–Trinajstić information content (AvgIpc) is 2.71. The molecule has 142 valence electrons. The number of amides is 1. The number of nitriles is 1. The topological polar surface area (TPSA) is 96.3 Å². The van der Waals surface area contributed by atoms with E-state index in [0.29, 0.717) is 48.1 Å². The van der Waals surface area contributed by atoms with Crippen LogP contribution in [0, 0.1) is 11.3 Å². The van der Waals surface area contributed by atoms with Crippen molar-refractivity contribution in [3.63, 3.8) is 0 Å². The van der Waals surface area contributed by atoms with Gasteiger partial charge in [-0.2, -0.15) is 5.26 Å². The van der Waals surface area contributed by atoms with Crippen molar-refractivity contribution in [1.29, 1.82) is 5.26 Å². The fraction of sp³-hybridized carbons (Fsp3) is 0.350. The quantitative estimate of drug-likeness (QED) is 0.626. The first-order valence-corrected chi connectivity index (χ1v) is 8.87. The molecule has 1 heterocycles. The minimum Gasteiger partial charge on any atom is -0.493 e. The molecular weight excluding hydrogens is 344 g/mol. The highest BCUT2D eigenvalue weighted by atomic mass is 16.5. The Hall–Kier alpha value is -3.27.